The Labute approximate surface area is 135 Å². The fraction of sp³-hybridized carbons (Fsp3) is 0.412. The van der Waals surface area contributed by atoms with E-state index < -0.39 is 0 Å². The molecule has 0 saturated heterocycles. The minimum absolute atomic E-state index is 0.0655. The monoisotopic (exact) mass is 318 g/mol. The van der Waals surface area contributed by atoms with Crippen LogP contribution >= 0.6 is 11.3 Å². The van der Waals surface area contributed by atoms with Gasteiger partial charge in [0.15, 0.2) is 0 Å². The molecular weight excluding hydrogens is 296 g/mol. The van der Waals surface area contributed by atoms with E-state index in [1.54, 1.807) is 18.4 Å². The third kappa shape index (κ3) is 4.31. The SMILES string of the molecule is COc1cccc(-c2nc(CCNC(=O)C(C)(C)C)cs2)c1. The summed E-state index contributed by atoms with van der Waals surface area (Å²) >= 11 is 1.61. The molecule has 0 bridgehead atoms. The summed E-state index contributed by atoms with van der Waals surface area (Å²) in [6.45, 7) is 6.33. The van der Waals surface area contributed by atoms with Gasteiger partial charge in [-0.05, 0) is 12.1 Å². The number of carbonyl (C=O) groups excluding carboxylic acids is 1. The average molecular weight is 318 g/mol. The van der Waals surface area contributed by atoms with Gasteiger partial charge >= 0.3 is 0 Å². The first-order valence-electron chi connectivity index (χ1n) is 7.27. The van der Waals surface area contributed by atoms with Crippen LogP contribution in [0.25, 0.3) is 10.6 Å². The zero-order valence-electron chi connectivity index (χ0n) is 13.5. The molecule has 0 atom stereocenters. The largest absolute Gasteiger partial charge is 0.497 e. The van der Waals surface area contributed by atoms with Crippen LogP contribution in [0, 0.1) is 5.41 Å². The van der Waals surface area contributed by atoms with E-state index in [1.807, 2.05) is 50.4 Å². The van der Waals surface area contributed by atoms with Crippen LogP contribution < -0.4 is 10.1 Å². The average Bonchev–Trinajstić information content (AvgIpc) is 2.95. The molecule has 0 spiro atoms. The number of nitrogens with zero attached hydrogens (tertiary/aromatic N) is 1. The highest BCUT2D eigenvalue weighted by Gasteiger charge is 2.20. The lowest BCUT2D eigenvalue weighted by Gasteiger charge is -2.17. The number of rotatable bonds is 5. The van der Waals surface area contributed by atoms with Gasteiger partial charge in [-0.25, -0.2) is 4.98 Å². The molecule has 4 nitrogen and oxygen atoms in total. The van der Waals surface area contributed by atoms with Crippen LogP contribution in [-0.2, 0) is 11.2 Å². The second-order valence-corrected chi connectivity index (χ2v) is 6.99. The van der Waals surface area contributed by atoms with E-state index in [0.717, 1.165) is 28.4 Å². The zero-order chi connectivity index (χ0) is 16.2. The number of hydrogen-bond donors (Lipinski definition) is 1. The first-order valence-corrected chi connectivity index (χ1v) is 8.15. The molecule has 0 radical (unpaired) electrons. The Bertz CT molecular complexity index is 644. The van der Waals surface area contributed by atoms with Crippen molar-refractivity contribution in [2.45, 2.75) is 27.2 Å². The van der Waals surface area contributed by atoms with Crippen LogP contribution in [-0.4, -0.2) is 24.5 Å². The van der Waals surface area contributed by atoms with Crippen molar-refractivity contribution < 1.29 is 9.53 Å². The molecule has 5 heteroatoms. The molecule has 118 valence electrons. The van der Waals surface area contributed by atoms with Crippen LogP contribution in [0.5, 0.6) is 5.75 Å². The van der Waals surface area contributed by atoms with Crippen molar-refractivity contribution >= 4 is 17.2 Å². The molecule has 0 fully saturated rings. The molecule has 1 amide bonds. The zero-order valence-corrected chi connectivity index (χ0v) is 14.3. The van der Waals surface area contributed by atoms with E-state index >= 15 is 0 Å². The van der Waals surface area contributed by atoms with Crippen molar-refractivity contribution in [2.75, 3.05) is 13.7 Å². The highest BCUT2D eigenvalue weighted by atomic mass is 32.1. The molecule has 0 aliphatic rings. The van der Waals surface area contributed by atoms with E-state index in [0.29, 0.717) is 6.54 Å². The fourth-order valence-electron chi connectivity index (χ4n) is 1.88. The predicted molar refractivity (Wildman–Crippen MR) is 90.3 cm³/mol. The lowest BCUT2D eigenvalue weighted by atomic mass is 9.96. The van der Waals surface area contributed by atoms with Crippen LogP contribution in [0.3, 0.4) is 0 Å². The van der Waals surface area contributed by atoms with Gasteiger partial charge in [0, 0.05) is 29.3 Å². The smallest absolute Gasteiger partial charge is 0.225 e. The summed E-state index contributed by atoms with van der Waals surface area (Å²) < 4.78 is 5.24. The molecule has 0 unspecified atom stereocenters. The first kappa shape index (κ1) is 16.5. The van der Waals surface area contributed by atoms with Crippen molar-refractivity contribution in [1.29, 1.82) is 0 Å². The van der Waals surface area contributed by atoms with Gasteiger partial charge < -0.3 is 10.1 Å². The van der Waals surface area contributed by atoms with E-state index in [4.69, 9.17) is 4.74 Å². The maximum atomic E-state index is 11.8. The number of thiazole rings is 1. The maximum absolute atomic E-state index is 11.8. The van der Waals surface area contributed by atoms with Gasteiger partial charge in [-0.2, -0.15) is 0 Å². The van der Waals surface area contributed by atoms with Crippen molar-refractivity contribution in [3.63, 3.8) is 0 Å². The lowest BCUT2D eigenvalue weighted by molar-refractivity contribution is -0.128. The van der Waals surface area contributed by atoms with Gasteiger partial charge in [0.25, 0.3) is 0 Å². The molecule has 0 aliphatic carbocycles. The van der Waals surface area contributed by atoms with E-state index in [9.17, 15) is 4.79 Å². The minimum Gasteiger partial charge on any atom is -0.497 e. The second kappa shape index (κ2) is 6.92. The molecule has 2 rings (SSSR count). The van der Waals surface area contributed by atoms with Crippen LogP contribution in [0.1, 0.15) is 26.5 Å². The van der Waals surface area contributed by atoms with Crippen molar-refractivity contribution in [2.24, 2.45) is 5.41 Å². The van der Waals surface area contributed by atoms with Crippen molar-refractivity contribution in [3.05, 3.63) is 35.3 Å². The lowest BCUT2D eigenvalue weighted by Crippen LogP contribution is -2.35. The minimum atomic E-state index is -0.353. The number of hydrogen-bond acceptors (Lipinski definition) is 4. The quantitative estimate of drug-likeness (QED) is 0.917. The number of methoxy groups -OCH3 is 1. The summed E-state index contributed by atoms with van der Waals surface area (Å²) in [5.74, 6) is 0.891. The van der Waals surface area contributed by atoms with E-state index in [-0.39, 0.29) is 11.3 Å². The number of ether oxygens (including phenoxy) is 1. The third-order valence-corrected chi connectivity index (χ3v) is 4.16. The highest BCUT2D eigenvalue weighted by molar-refractivity contribution is 7.13. The number of nitrogens with one attached hydrogen (secondary N) is 1. The third-order valence-electron chi connectivity index (χ3n) is 3.22. The summed E-state index contributed by atoms with van der Waals surface area (Å²) in [6.07, 6.45) is 0.738. The molecule has 1 aromatic carbocycles. The van der Waals surface area contributed by atoms with E-state index in [2.05, 4.69) is 10.3 Å². The molecule has 1 aromatic heterocycles. The molecule has 1 heterocycles. The molecular formula is C17H22N2O2S. The van der Waals surface area contributed by atoms with Crippen LogP contribution in [0.15, 0.2) is 29.6 Å². The Balaban J connectivity index is 1.95. The first-order chi connectivity index (χ1) is 10.4. The Kier molecular flexibility index (Phi) is 5.19. The topological polar surface area (TPSA) is 51.2 Å². The summed E-state index contributed by atoms with van der Waals surface area (Å²) in [5.41, 5.74) is 1.69. The number of aromatic nitrogens is 1. The fourth-order valence-corrected chi connectivity index (χ4v) is 2.73. The van der Waals surface area contributed by atoms with Crippen LogP contribution in [0.4, 0.5) is 0 Å². The normalized spacial score (nSPS) is 11.3. The summed E-state index contributed by atoms with van der Waals surface area (Å²) in [6, 6.07) is 7.87. The summed E-state index contributed by atoms with van der Waals surface area (Å²) in [5, 5.41) is 5.95. The molecule has 22 heavy (non-hydrogen) atoms. The maximum Gasteiger partial charge on any atom is 0.225 e. The Morgan fingerprint density at radius 3 is 2.82 bits per heavy atom. The standard InChI is InChI=1S/C17H22N2O2S/c1-17(2,3)16(20)18-9-8-13-11-22-15(19-13)12-6-5-7-14(10-12)21-4/h5-7,10-11H,8-9H2,1-4H3,(H,18,20). The summed E-state index contributed by atoms with van der Waals surface area (Å²) in [7, 11) is 1.66. The highest BCUT2D eigenvalue weighted by Crippen LogP contribution is 2.26. The predicted octanol–water partition coefficient (Wildman–Crippen LogP) is 3.52. The summed E-state index contributed by atoms with van der Waals surface area (Å²) in [4.78, 5) is 16.4. The molecule has 0 aliphatic heterocycles. The van der Waals surface area contributed by atoms with Gasteiger partial charge in [0.05, 0.1) is 12.8 Å². The molecule has 2 aromatic rings. The number of benzene rings is 1. The Hall–Kier alpha value is -1.88. The second-order valence-electron chi connectivity index (χ2n) is 6.13. The number of carbonyl (C=O) groups is 1. The van der Waals surface area contributed by atoms with Gasteiger partial charge in [-0.1, -0.05) is 32.9 Å². The van der Waals surface area contributed by atoms with E-state index in [1.165, 1.54) is 0 Å². The Morgan fingerprint density at radius 2 is 2.14 bits per heavy atom. The number of amides is 1. The van der Waals surface area contributed by atoms with Crippen LogP contribution in [0.2, 0.25) is 0 Å². The van der Waals surface area contributed by atoms with Crippen molar-refractivity contribution in [1.82, 2.24) is 10.3 Å². The Morgan fingerprint density at radius 1 is 1.36 bits per heavy atom. The van der Waals surface area contributed by atoms with Gasteiger partial charge in [0.1, 0.15) is 10.8 Å². The molecule has 0 saturated carbocycles. The van der Waals surface area contributed by atoms with Crippen molar-refractivity contribution in [3.8, 4) is 16.3 Å². The molecule has 1 N–H and O–H groups in total. The van der Waals surface area contributed by atoms with Gasteiger partial charge in [0.2, 0.25) is 5.91 Å². The van der Waals surface area contributed by atoms with Gasteiger partial charge in [-0.15, -0.1) is 11.3 Å². The van der Waals surface area contributed by atoms with Gasteiger partial charge in [-0.3, -0.25) is 4.79 Å².